The number of nitrogens with two attached hydrogens (primary N) is 1. The van der Waals surface area contributed by atoms with E-state index in [1.54, 1.807) is 0 Å². The second-order valence-electron chi connectivity index (χ2n) is 6.85. The van der Waals surface area contributed by atoms with Crippen molar-refractivity contribution >= 4 is 11.6 Å². The molecule has 0 aromatic heterocycles. The van der Waals surface area contributed by atoms with Gasteiger partial charge in [-0.15, -0.1) is 0 Å². The third-order valence-electron chi connectivity index (χ3n) is 4.89. The number of halogens is 1. The van der Waals surface area contributed by atoms with E-state index in [0.29, 0.717) is 25.0 Å². The Hall–Kier alpha value is -1.86. The van der Waals surface area contributed by atoms with Gasteiger partial charge in [-0.25, -0.2) is 4.39 Å². The summed E-state index contributed by atoms with van der Waals surface area (Å²) in [6.07, 6.45) is 1.98. The molecule has 0 amide bonds. The Balaban J connectivity index is 1.31. The van der Waals surface area contributed by atoms with Gasteiger partial charge in [-0.1, -0.05) is 0 Å². The summed E-state index contributed by atoms with van der Waals surface area (Å²) in [4.78, 5) is 8.82. The van der Waals surface area contributed by atoms with E-state index in [4.69, 9.17) is 15.2 Å². The number of aliphatic imine (C=N–C) groups is 1. The third-order valence-corrected chi connectivity index (χ3v) is 4.89. The van der Waals surface area contributed by atoms with Crippen molar-refractivity contribution < 1.29 is 13.9 Å². The van der Waals surface area contributed by atoms with Gasteiger partial charge in [0.1, 0.15) is 5.82 Å². The van der Waals surface area contributed by atoms with Gasteiger partial charge < -0.3 is 25.0 Å². The highest BCUT2D eigenvalue weighted by Gasteiger charge is 2.18. The molecule has 2 heterocycles. The Morgan fingerprint density at radius 1 is 1.23 bits per heavy atom. The van der Waals surface area contributed by atoms with E-state index < -0.39 is 0 Å². The van der Waals surface area contributed by atoms with Crippen LogP contribution in [0.4, 0.5) is 10.1 Å². The first-order chi connectivity index (χ1) is 12.7. The summed E-state index contributed by atoms with van der Waals surface area (Å²) >= 11 is 0. The predicted molar refractivity (Wildman–Crippen MR) is 101 cm³/mol. The molecule has 0 bridgehead atoms. The van der Waals surface area contributed by atoms with E-state index in [-0.39, 0.29) is 5.82 Å². The second kappa shape index (κ2) is 9.73. The predicted octanol–water partition coefficient (Wildman–Crippen LogP) is 1.71. The first kappa shape index (κ1) is 18.9. The van der Waals surface area contributed by atoms with E-state index in [0.717, 1.165) is 64.5 Å². The monoisotopic (exact) mass is 364 g/mol. The van der Waals surface area contributed by atoms with E-state index in [1.165, 1.54) is 12.1 Å². The van der Waals surface area contributed by atoms with Crippen molar-refractivity contribution in [3.05, 3.63) is 30.1 Å². The molecule has 1 unspecified atom stereocenters. The van der Waals surface area contributed by atoms with Crippen LogP contribution in [0.25, 0.3) is 0 Å². The van der Waals surface area contributed by atoms with Crippen molar-refractivity contribution in [2.45, 2.75) is 12.8 Å². The average molecular weight is 364 g/mol. The van der Waals surface area contributed by atoms with Crippen LogP contribution in [0, 0.1) is 11.7 Å². The van der Waals surface area contributed by atoms with E-state index in [9.17, 15) is 4.39 Å². The van der Waals surface area contributed by atoms with Crippen LogP contribution >= 0.6 is 0 Å². The zero-order valence-electron chi connectivity index (χ0n) is 15.3. The minimum absolute atomic E-state index is 0.204. The lowest BCUT2D eigenvalue weighted by molar-refractivity contribution is 0.0893. The lowest BCUT2D eigenvalue weighted by Gasteiger charge is -2.36. The molecule has 0 radical (unpaired) electrons. The smallest absolute Gasteiger partial charge is 0.191 e. The molecule has 0 aliphatic carbocycles. The zero-order chi connectivity index (χ0) is 18.2. The Kier molecular flexibility index (Phi) is 7.08. The molecule has 0 spiro atoms. The Labute approximate surface area is 154 Å². The van der Waals surface area contributed by atoms with Crippen molar-refractivity contribution in [2.24, 2.45) is 16.6 Å². The molecule has 26 heavy (non-hydrogen) atoms. The number of anilines is 1. The summed E-state index contributed by atoms with van der Waals surface area (Å²) in [6.45, 7) is 7.23. The number of rotatable bonds is 7. The summed E-state index contributed by atoms with van der Waals surface area (Å²) in [6, 6.07) is 6.64. The number of hydrogen-bond acceptors (Lipinski definition) is 4. The first-order valence-electron chi connectivity index (χ1n) is 9.43. The molecule has 2 N–H and O–H groups in total. The molecular weight excluding hydrogens is 335 g/mol. The molecule has 2 saturated heterocycles. The zero-order valence-corrected chi connectivity index (χ0v) is 15.3. The van der Waals surface area contributed by atoms with Gasteiger partial charge in [0.05, 0.1) is 13.2 Å². The van der Waals surface area contributed by atoms with Crippen LogP contribution in [-0.2, 0) is 9.47 Å². The molecule has 1 aromatic rings. The maximum Gasteiger partial charge on any atom is 0.191 e. The summed E-state index contributed by atoms with van der Waals surface area (Å²) in [5.74, 6) is 0.957. The van der Waals surface area contributed by atoms with Gasteiger partial charge in [-0.3, -0.25) is 4.99 Å². The molecule has 7 heteroatoms. The van der Waals surface area contributed by atoms with Crippen LogP contribution in [-0.4, -0.2) is 70.0 Å². The molecule has 0 saturated carbocycles. The molecule has 2 fully saturated rings. The molecule has 1 atom stereocenters. The number of guanidine groups is 1. The van der Waals surface area contributed by atoms with Gasteiger partial charge >= 0.3 is 0 Å². The average Bonchev–Trinajstić information content (AvgIpc) is 3.19. The topological polar surface area (TPSA) is 63.3 Å². The molecular formula is C19H29FN4O2. The summed E-state index contributed by atoms with van der Waals surface area (Å²) in [5.41, 5.74) is 7.16. The van der Waals surface area contributed by atoms with Gasteiger partial charge in [0.25, 0.3) is 0 Å². The van der Waals surface area contributed by atoms with Crippen molar-refractivity contribution in [1.82, 2.24) is 4.90 Å². The fourth-order valence-electron chi connectivity index (χ4n) is 3.27. The molecule has 2 aliphatic rings. The Morgan fingerprint density at radius 2 is 2.00 bits per heavy atom. The first-order valence-corrected chi connectivity index (χ1v) is 9.43. The van der Waals surface area contributed by atoms with Crippen LogP contribution in [0.15, 0.2) is 29.3 Å². The fourth-order valence-corrected chi connectivity index (χ4v) is 3.27. The van der Waals surface area contributed by atoms with Crippen LogP contribution in [0.2, 0.25) is 0 Å². The van der Waals surface area contributed by atoms with Crippen molar-refractivity contribution in [3.63, 3.8) is 0 Å². The fraction of sp³-hybridized carbons (Fsp3) is 0.632. The van der Waals surface area contributed by atoms with E-state index in [2.05, 4.69) is 14.8 Å². The molecule has 3 rings (SSSR count). The summed E-state index contributed by atoms with van der Waals surface area (Å²) in [7, 11) is 0. The molecule has 1 aromatic carbocycles. The van der Waals surface area contributed by atoms with Gasteiger partial charge in [-0.2, -0.15) is 0 Å². The SMILES string of the molecule is NC(=NCCCOCC1CCOC1)N1CCN(c2ccc(F)cc2)CC1. The van der Waals surface area contributed by atoms with Crippen molar-refractivity contribution in [2.75, 3.05) is 64.1 Å². The summed E-state index contributed by atoms with van der Waals surface area (Å²) < 4.78 is 24.0. The Morgan fingerprint density at radius 3 is 2.69 bits per heavy atom. The minimum atomic E-state index is -0.204. The number of benzene rings is 1. The number of ether oxygens (including phenoxy) is 2. The standard InChI is InChI=1S/C19H29FN4O2/c20-17-2-4-18(5-3-17)23-8-10-24(11-9-23)19(21)22-7-1-12-25-14-16-6-13-26-15-16/h2-5,16H,1,6-15H2,(H2,21,22). The normalized spacial score (nSPS) is 21.4. The van der Waals surface area contributed by atoms with Gasteiger partial charge in [0, 0.05) is 57.5 Å². The second-order valence-corrected chi connectivity index (χ2v) is 6.85. The Bertz CT molecular complexity index is 567. The highest BCUT2D eigenvalue weighted by Crippen LogP contribution is 2.17. The summed E-state index contributed by atoms with van der Waals surface area (Å²) in [5, 5.41) is 0. The maximum absolute atomic E-state index is 13.0. The molecule has 144 valence electrons. The van der Waals surface area contributed by atoms with Crippen LogP contribution < -0.4 is 10.6 Å². The third kappa shape index (κ3) is 5.57. The van der Waals surface area contributed by atoms with Crippen molar-refractivity contribution in [1.29, 1.82) is 0 Å². The lowest BCUT2D eigenvalue weighted by atomic mass is 10.1. The number of piperazine rings is 1. The van der Waals surface area contributed by atoms with Gasteiger partial charge in [-0.05, 0) is 37.1 Å². The molecule has 2 aliphatic heterocycles. The quantitative estimate of drug-likeness (QED) is 0.453. The van der Waals surface area contributed by atoms with Crippen molar-refractivity contribution in [3.8, 4) is 0 Å². The van der Waals surface area contributed by atoms with Gasteiger partial charge in [0.15, 0.2) is 5.96 Å². The lowest BCUT2D eigenvalue weighted by Crippen LogP contribution is -2.51. The van der Waals surface area contributed by atoms with Crippen LogP contribution in [0.5, 0.6) is 0 Å². The van der Waals surface area contributed by atoms with E-state index in [1.807, 2.05) is 12.1 Å². The number of hydrogen-bond donors (Lipinski definition) is 1. The van der Waals surface area contributed by atoms with E-state index >= 15 is 0 Å². The number of nitrogens with zero attached hydrogens (tertiary/aromatic N) is 3. The minimum Gasteiger partial charge on any atom is -0.381 e. The van der Waals surface area contributed by atoms with Crippen LogP contribution in [0.1, 0.15) is 12.8 Å². The van der Waals surface area contributed by atoms with Gasteiger partial charge in [0.2, 0.25) is 0 Å². The molecule has 6 nitrogen and oxygen atoms in total. The maximum atomic E-state index is 13.0. The highest BCUT2D eigenvalue weighted by atomic mass is 19.1. The largest absolute Gasteiger partial charge is 0.381 e. The van der Waals surface area contributed by atoms with Crippen LogP contribution in [0.3, 0.4) is 0 Å². The highest BCUT2D eigenvalue weighted by molar-refractivity contribution is 5.78.